The molecule has 8 nitrogen and oxygen atoms in total. The van der Waals surface area contributed by atoms with E-state index in [0.717, 1.165) is 17.5 Å². The van der Waals surface area contributed by atoms with Gasteiger partial charge in [0.15, 0.2) is 0 Å². The highest BCUT2D eigenvalue weighted by atomic mass is 32.2. The number of ether oxygens (including phenoxy) is 1. The first kappa shape index (κ1) is 16.7. The summed E-state index contributed by atoms with van der Waals surface area (Å²) in [7, 11) is -3.79. The number of hydrogen-bond donors (Lipinski definition) is 1. The summed E-state index contributed by atoms with van der Waals surface area (Å²) in [5.74, 6) is 0.569. The maximum atomic E-state index is 12.8. The van der Waals surface area contributed by atoms with Gasteiger partial charge >= 0.3 is 0 Å². The normalized spacial score (nSPS) is 14.0. The van der Waals surface area contributed by atoms with Crippen molar-refractivity contribution in [1.29, 1.82) is 0 Å². The van der Waals surface area contributed by atoms with E-state index in [1.54, 1.807) is 43.6 Å². The molecular weight excluding hydrogens is 354 g/mol. The second-order valence-corrected chi connectivity index (χ2v) is 7.65. The first-order valence-corrected chi connectivity index (χ1v) is 9.58. The van der Waals surface area contributed by atoms with Gasteiger partial charge in [-0.2, -0.15) is 9.78 Å². The van der Waals surface area contributed by atoms with Gasteiger partial charge in [-0.3, -0.25) is 4.72 Å². The average Bonchev–Trinajstić information content (AvgIpc) is 3.01. The van der Waals surface area contributed by atoms with E-state index in [4.69, 9.17) is 4.74 Å². The average molecular weight is 371 g/mol. The molecule has 0 amide bonds. The van der Waals surface area contributed by atoms with Crippen molar-refractivity contribution < 1.29 is 13.2 Å². The summed E-state index contributed by atoms with van der Waals surface area (Å²) in [5.41, 5.74) is 2.66. The zero-order chi connectivity index (χ0) is 18.1. The Labute approximate surface area is 150 Å². The molecule has 1 N–H and O–H groups in total. The standard InChI is InChI=1S/C17H17N5O3S/c1-12-9-16(22(20-12)17-18-6-2-7-19-17)21-26(23,24)15-4-3-13-5-8-25-11-14(13)10-15/h2-4,6-7,9-10,21H,5,8,11H2,1H3. The van der Waals surface area contributed by atoms with Crippen LogP contribution in [0, 0.1) is 6.92 Å². The highest BCUT2D eigenvalue weighted by Gasteiger charge is 2.21. The Morgan fingerprint density at radius 3 is 2.77 bits per heavy atom. The van der Waals surface area contributed by atoms with Gasteiger partial charge in [0.05, 0.1) is 23.8 Å². The Kier molecular flexibility index (Phi) is 4.17. The topological polar surface area (TPSA) is 99.0 Å². The molecule has 4 rings (SSSR count). The van der Waals surface area contributed by atoms with Crippen molar-refractivity contribution in [3.05, 3.63) is 59.5 Å². The summed E-state index contributed by atoms with van der Waals surface area (Å²) >= 11 is 0. The van der Waals surface area contributed by atoms with E-state index < -0.39 is 10.0 Å². The molecule has 1 aliphatic heterocycles. The van der Waals surface area contributed by atoms with E-state index in [1.165, 1.54) is 4.68 Å². The predicted molar refractivity (Wildman–Crippen MR) is 94.5 cm³/mol. The molecule has 0 fully saturated rings. The molecule has 0 saturated carbocycles. The van der Waals surface area contributed by atoms with Gasteiger partial charge in [-0.25, -0.2) is 18.4 Å². The third kappa shape index (κ3) is 3.18. The summed E-state index contributed by atoms with van der Waals surface area (Å²) < 4.78 is 35.1. The number of rotatable bonds is 4. The third-order valence-electron chi connectivity index (χ3n) is 4.07. The first-order valence-electron chi connectivity index (χ1n) is 8.09. The van der Waals surface area contributed by atoms with Gasteiger partial charge in [-0.15, -0.1) is 0 Å². The molecule has 0 unspecified atom stereocenters. The molecule has 26 heavy (non-hydrogen) atoms. The van der Waals surface area contributed by atoms with Crippen LogP contribution in [0.15, 0.2) is 47.6 Å². The molecule has 9 heteroatoms. The number of sulfonamides is 1. The van der Waals surface area contributed by atoms with E-state index in [9.17, 15) is 8.42 Å². The predicted octanol–water partition coefficient (Wildman–Crippen LogP) is 1.84. The molecule has 0 atom stereocenters. The number of benzene rings is 1. The minimum Gasteiger partial charge on any atom is -0.376 e. The lowest BCUT2D eigenvalue weighted by molar-refractivity contribution is 0.110. The third-order valence-corrected chi connectivity index (χ3v) is 5.43. The van der Waals surface area contributed by atoms with E-state index in [-0.39, 0.29) is 16.7 Å². The summed E-state index contributed by atoms with van der Waals surface area (Å²) in [4.78, 5) is 8.42. The minimum absolute atomic E-state index is 0.182. The molecule has 1 aromatic carbocycles. The highest BCUT2D eigenvalue weighted by Crippen LogP contribution is 2.23. The van der Waals surface area contributed by atoms with Gasteiger partial charge in [0.1, 0.15) is 5.82 Å². The monoisotopic (exact) mass is 371 g/mol. The number of fused-ring (bicyclic) bond motifs is 1. The summed E-state index contributed by atoms with van der Waals surface area (Å²) in [6, 6.07) is 8.42. The molecule has 2 aromatic heterocycles. The Hall–Kier alpha value is -2.78. The number of hydrogen-bond acceptors (Lipinski definition) is 6. The van der Waals surface area contributed by atoms with Crippen molar-refractivity contribution in [2.24, 2.45) is 0 Å². The van der Waals surface area contributed by atoms with Crippen LogP contribution in [-0.4, -0.2) is 34.8 Å². The lowest BCUT2D eigenvalue weighted by Gasteiger charge is -2.17. The zero-order valence-corrected chi connectivity index (χ0v) is 14.9. The van der Waals surface area contributed by atoms with E-state index >= 15 is 0 Å². The number of aromatic nitrogens is 4. The second kappa shape index (κ2) is 6.50. The van der Waals surface area contributed by atoms with Gasteiger partial charge in [-0.05, 0) is 42.7 Å². The fraction of sp³-hybridized carbons (Fsp3) is 0.235. The van der Waals surface area contributed by atoms with Crippen LogP contribution in [0.5, 0.6) is 0 Å². The Morgan fingerprint density at radius 2 is 1.96 bits per heavy atom. The quantitative estimate of drug-likeness (QED) is 0.751. The fourth-order valence-corrected chi connectivity index (χ4v) is 3.92. The number of anilines is 1. The van der Waals surface area contributed by atoms with Gasteiger partial charge in [-0.1, -0.05) is 6.07 Å². The fourth-order valence-electron chi connectivity index (χ4n) is 2.83. The molecular formula is C17H17N5O3S. The smallest absolute Gasteiger partial charge is 0.263 e. The highest BCUT2D eigenvalue weighted by molar-refractivity contribution is 7.92. The summed E-state index contributed by atoms with van der Waals surface area (Å²) in [6.45, 7) is 2.86. The van der Waals surface area contributed by atoms with Crippen LogP contribution in [0.1, 0.15) is 16.8 Å². The largest absolute Gasteiger partial charge is 0.376 e. The van der Waals surface area contributed by atoms with Gasteiger partial charge < -0.3 is 4.74 Å². The number of nitrogens with one attached hydrogen (secondary N) is 1. The minimum atomic E-state index is -3.79. The van der Waals surface area contributed by atoms with E-state index in [2.05, 4.69) is 19.8 Å². The second-order valence-electron chi connectivity index (χ2n) is 5.97. The zero-order valence-electron chi connectivity index (χ0n) is 14.1. The lowest BCUT2D eigenvalue weighted by Crippen LogP contribution is -2.18. The Morgan fingerprint density at radius 1 is 1.15 bits per heavy atom. The maximum Gasteiger partial charge on any atom is 0.263 e. The molecule has 0 radical (unpaired) electrons. The number of aryl methyl sites for hydroxylation is 1. The van der Waals surface area contributed by atoms with Crippen molar-refractivity contribution in [2.45, 2.75) is 24.8 Å². The van der Waals surface area contributed by atoms with Crippen LogP contribution in [0.4, 0.5) is 5.82 Å². The summed E-state index contributed by atoms with van der Waals surface area (Å²) in [6.07, 6.45) is 3.93. The molecule has 134 valence electrons. The van der Waals surface area contributed by atoms with Crippen LogP contribution >= 0.6 is 0 Å². The van der Waals surface area contributed by atoms with Crippen molar-refractivity contribution >= 4 is 15.8 Å². The maximum absolute atomic E-state index is 12.8. The lowest BCUT2D eigenvalue weighted by atomic mass is 10.0. The van der Waals surface area contributed by atoms with Crippen LogP contribution < -0.4 is 4.72 Å². The molecule has 0 spiro atoms. The molecule has 0 aliphatic carbocycles. The van der Waals surface area contributed by atoms with Crippen molar-refractivity contribution in [1.82, 2.24) is 19.7 Å². The SMILES string of the molecule is Cc1cc(NS(=O)(=O)c2ccc3c(c2)COCC3)n(-c2ncccn2)n1. The van der Waals surface area contributed by atoms with Crippen LogP contribution in [-0.2, 0) is 27.8 Å². The van der Waals surface area contributed by atoms with Crippen LogP contribution in [0.25, 0.3) is 5.95 Å². The Balaban J connectivity index is 1.69. The molecule has 0 saturated heterocycles. The van der Waals surface area contributed by atoms with Crippen molar-refractivity contribution in [2.75, 3.05) is 11.3 Å². The molecule has 1 aliphatic rings. The van der Waals surface area contributed by atoms with Crippen LogP contribution in [0.2, 0.25) is 0 Å². The molecule has 3 heterocycles. The van der Waals surface area contributed by atoms with E-state index in [0.29, 0.717) is 18.9 Å². The van der Waals surface area contributed by atoms with Gasteiger partial charge in [0.25, 0.3) is 16.0 Å². The first-order chi connectivity index (χ1) is 12.5. The number of nitrogens with zero attached hydrogens (tertiary/aromatic N) is 4. The van der Waals surface area contributed by atoms with E-state index in [1.807, 2.05) is 6.07 Å². The van der Waals surface area contributed by atoms with Gasteiger partial charge in [0.2, 0.25) is 0 Å². The molecule has 0 bridgehead atoms. The van der Waals surface area contributed by atoms with Crippen molar-refractivity contribution in [3.63, 3.8) is 0 Å². The van der Waals surface area contributed by atoms with Gasteiger partial charge in [0, 0.05) is 18.5 Å². The Bertz CT molecular complexity index is 1050. The molecule has 3 aromatic rings. The van der Waals surface area contributed by atoms with Crippen LogP contribution in [0.3, 0.4) is 0 Å². The van der Waals surface area contributed by atoms with Crippen molar-refractivity contribution in [3.8, 4) is 5.95 Å². The summed E-state index contributed by atoms with van der Waals surface area (Å²) in [5, 5.41) is 4.27.